The second-order valence-corrected chi connectivity index (χ2v) is 11.6. The lowest BCUT2D eigenvalue weighted by molar-refractivity contribution is -0.136. The van der Waals surface area contributed by atoms with Crippen LogP contribution in [0.25, 0.3) is 0 Å². The number of aryl methyl sites for hydroxylation is 1. The number of aromatic nitrogens is 1. The van der Waals surface area contributed by atoms with Gasteiger partial charge in [-0.25, -0.2) is 4.39 Å². The Morgan fingerprint density at radius 2 is 1.73 bits per heavy atom. The molecule has 0 spiro atoms. The van der Waals surface area contributed by atoms with Crippen molar-refractivity contribution in [1.29, 1.82) is 0 Å². The molecule has 0 unspecified atom stereocenters. The molecule has 1 aromatic carbocycles. The minimum Gasteiger partial charge on any atom is -0.481 e. The second kappa shape index (κ2) is 14.1. The molecule has 0 aliphatic carbocycles. The molecule has 1 aromatic heterocycles. The van der Waals surface area contributed by atoms with E-state index in [0.29, 0.717) is 23.2 Å². The summed E-state index contributed by atoms with van der Waals surface area (Å²) in [5, 5.41) is 25.9. The predicted molar refractivity (Wildman–Crippen MR) is 156 cm³/mol. The van der Waals surface area contributed by atoms with Crippen molar-refractivity contribution >= 4 is 23.5 Å². The summed E-state index contributed by atoms with van der Waals surface area (Å²) in [7, 11) is 0. The highest BCUT2D eigenvalue weighted by molar-refractivity contribution is 6.03. The number of nitrogens with two attached hydrogens (primary N) is 2. The van der Waals surface area contributed by atoms with Gasteiger partial charge >= 0.3 is 12.0 Å². The standard InChI is InChI=1S/C25H33FN6O3.C4H10O/c1-16-19(14-21(33)34)22(32-11-9-25(2,3)10-12-32)20(15-29-16)23(27)30-31-24(28)35-13-8-17-4-6-18(26)7-5-17;1-4(2,3)5/h4-7,15H,8-14H2,1-3H3,(H2,27,30)(H2,28,31)(H,33,34);5H,1-3H3. The van der Waals surface area contributed by atoms with Gasteiger partial charge in [-0.05, 0) is 63.6 Å². The summed E-state index contributed by atoms with van der Waals surface area (Å²) in [6.45, 7) is 13.2. The molecule has 0 saturated carbocycles. The largest absolute Gasteiger partial charge is 0.481 e. The van der Waals surface area contributed by atoms with Crippen molar-refractivity contribution in [2.45, 2.75) is 72.8 Å². The van der Waals surface area contributed by atoms with Crippen molar-refractivity contribution < 1.29 is 24.1 Å². The second-order valence-electron chi connectivity index (χ2n) is 11.6. The number of pyridine rings is 1. The molecule has 0 atom stereocenters. The van der Waals surface area contributed by atoms with Crippen LogP contribution in [0.1, 0.15) is 69.8 Å². The van der Waals surface area contributed by atoms with Crippen molar-refractivity contribution in [3.63, 3.8) is 0 Å². The third-order valence-electron chi connectivity index (χ3n) is 6.21. The third kappa shape index (κ3) is 11.2. The zero-order valence-electron chi connectivity index (χ0n) is 24.4. The van der Waals surface area contributed by atoms with Crippen LogP contribution in [-0.4, -0.2) is 58.3 Å². The van der Waals surface area contributed by atoms with Crippen LogP contribution in [0.3, 0.4) is 0 Å². The van der Waals surface area contributed by atoms with E-state index in [0.717, 1.165) is 37.2 Å². The molecule has 1 aliphatic heterocycles. The number of benzene rings is 1. The van der Waals surface area contributed by atoms with E-state index >= 15 is 0 Å². The number of piperidine rings is 1. The molecule has 1 fully saturated rings. The summed E-state index contributed by atoms with van der Waals surface area (Å²) in [5.41, 5.74) is 15.2. The Morgan fingerprint density at radius 1 is 1.15 bits per heavy atom. The van der Waals surface area contributed by atoms with Crippen molar-refractivity contribution in [2.24, 2.45) is 27.1 Å². The number of ether oxygens (including phenoxy) is 1. The number of amidine groups is 2. The number of hydrogen-bond acceptors (Lipinski definition) is 7. The Bertz CT molecular complexity index is 1190. The number of halogens is 1. The third-order valence-corrected chi connectivity index (χ3v) is 6.21. The first-order chi connectivity index (χ1) is 18.6. The van der Waals surface area contributed by atoms with E-state index in [2.05, 4.69) is 33.9 Å². The summed E-state index contributed by atoms with van der Waals surface area (Å²) < 4.78 is 18.4. The number of hydrogen-bond donors (Lipinski definition) is 4. The molecule has 10 nitrogen and oxygen atoms in total. The Balaban J connectivity index is 0.00000103. The molecular weight excluding hydrogens is 515 g/mol. The van der Waals surface area contributed by atoms with Gasteiger partial charge in [0.05, 0.1) is 29.9 Å². The highest BCUT2D eigenvalue weighted by atomic mass is 19.1. The molecule has 220 valence electrons. The van der Waals surface area contributed by atoms with Gasteiger partial charge in [0.1, 0.15) is 5.82 Å². The van der Waals surface area contributed by atoms with E-state index in [9.17, 15) is 14.3 Å². The summed E-state index contributed by atoms with van der Waals surface area (Å²) in [4.78, 5) is 18.1. The van der Waals surface area contributed by atoms with Crippen LogP contribution in [0.2, 0.25) is 0 Å². The number of rotatable bonds is 8. The van der Waals surface area contributed by atoms with Crippen molar-refractivity contribution in [2.75, 3.05) is 24.6 Å². The first-order valence-electron chi connectivity index (χ1n) is 13.3. The molecular formula is C29H43FN6O4. The quantitative estimate of drug-likeness (QED) is 0.216. The van der Waals surface area contributed by atoms with E-state index < -0.39 is 11.6 Å². The van der Waals surface area contributed by atoms with Crippen LogP contribution in [0.4, 0.5) is 10.1 Å². The zero-order chi connectivity index (χ0) is 30.1. The molecule has 0 bridgehead atoms. The maximum Gasteiger partial charge on any atom is 0.307 e. The van der Waals surface area contributed by atoms with Crippen LogP contribution in [0.5, 0.6) is 0 Å². The highest BCUT2D eigenvalue weighted by Crippen LogP contribution is 2.36. The van der Waals surface area contributed by atoms with Crippen LogP contribution in [-0.2, 0) is 22.4 Å². The summed E-state index contributed by atoms with van der Waals surface area (Å²) in [6, 6.07) is 5.94. The fourth-order valence-corrected chi connectivity index (χ4v) is 3.99. The number of nitrogens with zero attached hydrogens (tertiary/aromatic N) is 4. The molecule has 2 aromatic rings. The van der Waals surface area contributed by atoms with Crippen LogP contribution in [0.15, 0.2) is 40.7 Å². The molecule has 0 radical (unpaired) electrons. The first kappa shape index (κ1) is 32.5. The molecule has 2 heterocycles. The number of carbonyl (C=O) groups is 1. The van der Waals surface area contributed by atoms with Gasteiger partial charge in [-0.2, -0.15) is 0 Å². The maximum absolute atomic E-state index is 13.0. The molecule has 0 amide bonds. The lowest BCUT2D eigenvalue weighted by atomic mass is 9.82. The van der Waals surface area contributed by atoms with Crippen molar-refractivity contribution in [3.05, 3.63) is 58.7 Å². The van der Waals surface area contributed by atoms with E-state index in [-0.39, 0.29) is 36.1 Å². The van der Waals surface area contributed by atoms with Crippen molar-refractivity contribution in [1.82, 2.24) is 4.98 Å². The van der Waals surface area contributed by atoms with Crippen LogP contribution >= 0.6 is 0 Å². The maximum atomic E-state index is 13.0. The average Bonchev–Trinajstić information content (AvgIpc) is 2.84. The van der Waals surface area contributed by atoms with Gasteiger partial charge < -0.3 is 31.3 Å². The number of aliphatic carboxylic acids is 1. The van der Waals surface area contributed by atoms with Gasteiger partial charge in [0, 0.05) is 37.0 Å². The molecule has 1 aliphatic rings. The summed E-state index contributed by atoms with van der Waals surface area (Å²) in [5.74, 6) is -1.18. The lowest BCUT2D eigenvalue weighted by Crippen LogP contribution is -2.39. The number of carboxylic acids is 1. The number of aliphatic hydroxyl groups is 1. The van der Waals surface area contributed by atoms with Gasteiger partial charge in [-0.1, -0.05) is 31.1 Å². The molecule has 40 heavy (non-hydrogen) atoms. The zero-order valence-corrected chi connectivity index (χ0v) is 24.4. The Hall–Kier alpha value is -3.73. The Morgan fingerprint density at radius 3 is 2.27 bits per heavy atom. The van der Waals surface area contributed by atoms with Gasteiger partial charge in [-0.3, -0.25) is 9.78 Å². The highest BCUT2D eigenvalue weighted by Gasteiger charge is 2.29. The SMILES string of the molecule is CC(C)(C)O.Cc1ncc(/C(N)=N/N=C(\N)OCCc2ccc(F)cc2)c(N2CCC(C)(C)CC2)c1CC(=O)O. The van der Waals surface area contributed by atoms with Crippen LogP contribution in [0, 0.1) is 18.2 Å². The smallest absolute Gasteiger partial charge is 0.307 e. The molecule has 1 saturated heterocycles. The van der Waals surface area contributed by atoms with E-state index in [1.54, 1.807) is 46.0 Å². The van der Waals surface area contributed by atoms with Crippen molar-refractivity contribution in [3.8, 4) is 0 Å². The van der Waals surface area contributed by atoms with E-state index in [4.69, 9.17) is 21.3 Å². The Labute approximate surface area is 236 Å². The number of anilines is 1. The van der Waals surface area contributed by atoms with Gasteiger partial charge in [0.2, 0.25) is 0 Å². The fraction of sp³-hybridized carbons (Fsp3) is 0.517. The topological polar surface area (TPSA) is 160 Å². The molecule has 11 heteroatoms. The summed E-state index contributed by atoms with van der Waals surface area (Å²) in [6.07, 6.45) is 3.86. The number of carboxylic acid groups (broad SMARTS) is 1. The van der Waals surface area contributed by atoms with E-state index in [1.165, 1.54) is 12.1 Å². The van der Waals surface area contributed by atoms with Gasteiger partial charge in [-0.15, -0.1) is 5.10 Å². The average molecular weight is 559 g/mol. The minimum absolute atomic E-state index is 0.0639. The van der Waals surface area contributed by atoms with Gasteiger partial charge in [0.25, 0.3) is 0 Å². The monoisotopic (exact) mass is 558 g/mol. The van der Waals surface area contributed by atoms with E-state index in [1.807, 2.05) is 0 Å². The normalized spacial score (nSPS) is 15.8. The summed E-state index contributed by atoms with van der Waals surface area (Å²) >= 11 is 0. The van der Waals surface area contributed by atoms with Gasteiger partial charge in [0.15, 0.2) is 5.84 Å². The minimum atomic E-state index is -0.946. The van der Waals surface area contributed by atoms with Crippen LogP contribution < -0.4 is 16.4 Å². The lowest BCUT2D eigenvalue weighted by Gasteiger charge is -2.39. The fourth-order valence-electron chi connectivity index (χ4n) is 3.99. The Kier molecular flexibility index (Phi) is 11.4. The predicted octanol–water partition coefficient (Wildman–Crippen LogP) is 3.75. The molecule has 6 N–H and O–H groups in total. The molecule has 3 rings (SSSR count). The first-order valence-corrected chi connectivity index (χ1v) is 13.3.